The minimum atomic E-state index is -0.109. The van der Waals surface area contributed by atoms with E-state index in [1.54, 1.807) is 11.3 Å². The number of rotatable bonds is 2. The van der Waals surface area contributed by atoms with Crippen LogP contribution in [0.5, 0.6) is 0 Å². The van der Waals surface area contributed by atoms with Gasteiger partial charge in [0, 0.05) is 30.6 Å². The van der Waals surface area contributed by atoms with Crippen LogP contribution in [0.2, 0.25) is 0 Å². The number of nitrogens with zero attached hydrogens (tertiary/aromatic N) is 2. The Kier molecular flexibility index (Phi) is 3.56. The average molecular weight is 282 g/mol. The third-order valence-electron chi connectivity index (χ3n) is 3.60. The number of carbonyl (C=O) groups is 1. The maximum absolute atomic E-state index is 11.8. The Balaban J connectivity index is 1.70. The van der Waals surface area contributed by atoms with Crippen molar-refractivity contribution in [3.05, 3.63) is 16.1 Å². The molecule has 0 amide bonds. The monoisotopic (exact) mass is 282 g/mol. The number of aromatic nitrogens is 1. The molecule has 2 fully saturated rings. The first-order chi connectivity index (χ1) is 9.13. The van der Waals surface area contributed by atoms with Crippen LogP contribution in [-0.2, 0) is 14.3 Å². The van der Waals surface area contributed by atoms with Gasteiger partial charge in [-0.05, 0) is 13.8 Å². The lowest BCUT2D eigenvalue weighted by molar-refractivity contribution is -0.147. The molecule has 2 aliphatic rings. The van der Waals surface area contributed by atoms with Crippen molar-refractivity contribution in [1.82, 2.24) is 9.88 Å². The number of hydrogen-bond acceptors (Lipinski definition) is 6. The zero-order chi connectivity index (χ0) is 13.4. The van der Waals surface area contributed by atoms with E-state index in [0.717, 1.165) is 30.2 Å². The van der Waals surface area contributed by atoms with Crippen LogP contribution in [0.3, 0.4) is 0 Å². The molecule has 1 aromatic rings. The summed E-state index contributed by atoms with van der Waals surface area (Å²) < 4.78 is 11.0. The fourth-order valence-electron chi connectivity index (χ4n) is 2.66. The van der Waals surface area contributed by atoms with E-state index in [9.17, 15) is 4.79 Å². The van der Waals surface area contributed by atoms with Crippen molar-refractivity contribution in [2.75, 3.05) is 19.7 Å². The van der Waals surface area contributed by atoms with Crippen LogP contribution >= 0.6 is 11.3 Å². The van der Waals surface area contributed by atoms with Crippen molar-refractivity contribution in [1.29, 1.82) is 0 Å². The molecule has 0 bridgehead atoms. The van der Waals surface area contributed by atoms with Gasteiger partial charge in [0.1, 0.15) is 23.3 Å². The molecule has 0 spiro atoms. The molecule has 6 heteroatoms. The van der Waals surface area contributed by atoms with Gasteiger partial charge in [-0.25, -0.2) is 4.98 Å². The Morgan fingerprint density at radius 3 is 3.00 bits per heavy atom. The highest BCUT2D eigenvalue weighted by molar-refractivity contribution is 7.09. The number of hydrogen-bond donors (Lipinski definition) is 0. The molecule has 2 aliphatic heterocycles. The van der Waals surface area contributed by atoms with Gasteiger partial charge in [-0.2, -0.15) is 0 Å². The molecule has 5 nitrogen and oxygen atoms in total. The largest absolute Gasteiger partial charge is 0.461 e. The zero-order valence-electron chi connectivity index (χ0n) is 11.2. The molecule has 1 aromatic heterocycles. The van der Waals surface area contributed by atoms with Crippen molar-refractivity contribution in [3.63, 3.8) is 0 Å². The molecule has 0 aromatic carbocycles. The van der Waals surface area contributed by atoms with Crippen molar-refractivity contribution >= 4 is 17.3 Å². The first-order valence-corrected chi connectivity index (χ1v) is 7.49. The fraction of sp³-hybridized carbons (Fsp3) is 0.692. The van der Waals surface area contributed by atoms with E-state index in [-0.39, 0.29) is 24.2 Å². The molecule has 0 radical (unpaired) electrons. The minimum absolute atomic E-state index is 0.0174. The quantitative estimate of drug-likeness (QED) is 0.770. The summed E-state index contributed by atoms with van der Waals surface area (Å²) >= 11 is 1.62. The van der Waals surface area contributed by atoms with Gasteiger partial charge in [-0.15, -0.1) is 11.3 Å². The summed E-state index contributed by atoms with van der Waals surface area (Å²) in [5.41, 5.74) is 1.02. The van der Waals surface area contributed by atoms with E-state index in [4.69, 9.17) is 9.47 Å². The molecule has 0 aliphatic carbocycles. The van der Waals surface area contributed by atoms with Gasteiger partial charge in [-0.3, -0.25) is 9.69 Å². The summed E-state index contributed by atoms with van der Waals surface area (Å²) in [4.78, 5) is 18.5. The summed E-state index contributed by atoms with van der Waals surface area (Å²) in [5.74, 6) is -0.0940. The van der Waals surface area contributed by atoms with E-state index in [1.165, 1.54) is 0 Å². The molecule has 104 valence electrons. The van der Waals surface area contributed by atoms with Crippen LogP contribution in [0.15, 0.2) is 5.38 Å². The summed E-state index contributed by atoms with van der Waals surface area (Å²) in [5, 5.41) is 3.03. The Morgan fingerprint density at radius 1 is 1.53 bits per heavy atom. The molecule has 2 saturated heterocycles. The van der Waals surface area contributed by atoms with Crippen LogP contribution < -0.4 is 0 Å². The highest BCUT2D eigenvalue weighted by Crippen LogP contribution is 2.29. The number of thiazole rings is 1. The van der Waals surface area contributed by atoms with E-state index in [0.29, 0.717) is 6.61 Å². The first-order valence-electron chi connectivity index (χ1n) is 6.61. The Hall–Kier alpha value is -0.980. The Morgan fingerprint density at radius 2 is 2.37 bits per heavy atom. The predicted octanol–water partition coefficient (Wildman–Crippen LogP) is 1.53. The molecule has 3 heterocycles. The van der Waals surface area contributed by atoms with Gasteiger partial charge < -0.3 is 9.47 Å². The number of esters is 1. The lowest BCUT2D eigenvalue weighted by atomic mass is 10.1. The molecule has 0 unspecified atom stereocenters. The highest BCUT2D eigenvalue weighted by Gasteiger charge is 2.39. The molecular formula is C13H18N2O3S. The fourth-order valence-corrected chi connectivity index (χ4v) is 3.49. The van der Waals surface area contributed by atoms with Crippen LogP contribution in [0.1, 0.15) is 30.2 Å². The van der Waals surface area contributed by atoms with Crippen molar-refractivity contribution < 1.29 is 14.3 Å². The number of carbonyl (C=O) groups excluding carboxylic acids is 1. The molecule has 0 N–H and O–H groups in total. The Labute approximate surface area is 116 Å². The molecule has 0 saturated carbocycles. The number of ether oxygens (including phenoxy) is 2. The van der Waals surface area contributed by atoms with E-state index < -0.39 is 0 Å². The second kappa shape index (κ2) is 5.19. The zero-order valence-corrected chi connectivity index (χ0v) is 12.0. The molecular weight excluding hydrogens is 264 g/mol. The normalized spacial score (nSPS) is 32.5. The number of morpholine rings is 1. The standard InChI is InChI=1S/C13H18N2O3S/c1-8-7-19-12(14-8)11-6-15(3-4-17-11)10-5-9(2)18-13(10)16/h7,9-11H,3-6H2,1-2H3/t9-,10+,11-/m0/s1. The summed E-state index contributed by atoms with van der Waals surface area (Å²) in [6.07, 6.45) is 0.791. The third kappa shape index (κ3) is 2.66. The van der Waals surface area contributed by atoms with Crippen LogP contribution in [0.4, 0.5) is 0 Å². The van der Waals surface area contributed by atoms with Gasteiger partial charge in [-0.1, -0.05) is 0 Å². The van der Waals surface area contributed by atoms with Gasteiger partial charge in [0.05, 0.1) is 6.61 Å². The van der Waals surface area contributed by atoms with Crippen LogP contribution in [0.25, 0.3) is 0 Å². The smallest absolute Gasteiger partial charge is 0.323 e. The van der Waals surface area contributed by atoms with E-state index in [2.05, 4.69) is 9.88 Å². The van der Waals surface area contributed by atoms with Gasteiger partial charge in [0.2, 0.25) is 0 Å². The molecule has 3 atom stereocenters. The van der Waals surface area contributed by atoms with Crippen molar-refractivity contribution in [2.45, 2.75) is 38.5 Å². The second-order valence-electron chi connectivity index (χ2n) is 5.18. The van der Waals surface area contributed by atoms with E-state index >= 15 is 0 Å². The third-order valence-corrected chi connectivity index (χ3v) is 4.65. The van der Waals surface area contributed by atoms with Gasteiger partial charge in [0.25, 0.3) is 0 Å². The lowest BCUT2D eigenvalue weighted by Gasteiger charge is -2.34. The average Bonchev–Trinajstić information content (AvgIpc) is 2.96. The van der Waals surface area contributed by atoms with Gasteiger partial charge >= 0.3 is 5.97 Å². The first kappa shape index (κ1) is 13.0. The van der Waals surface area contributed by atoms with Crippen molar-refractivity contribution in [3.8, 4) is 0 Å². The van der Waals surface area contributed by atoms with Gasteiger partial charge in [0.15, 0.2) is 0 Å². The van der Waals surface area contributed by atoms with Crippen molar-refractivity contribution in [2.24, 2.45) is 0 Å². The topological polar surface area (TPSA) is 51.7 Å². The molecule has 19 heavy (non-hydrogen) atoms. The maximum Gasteiger partial charge on any atom is 0.323 e. The minimum Gasteiger partial charge on any atom is -0.461 e. The Bertz CT molecular complexity index is 476. The SMILES string of the molecule is Cc1csc([C@@H]2CN([C@@H]3C[C@H](C)OC3=O)CCO2)n1. The van der Waals surface area contributed by atoms with Crippen LogP contribution in [0, 0.1) is 6.92 Å². The highest BCUT2D eigenvalue weighted by atomic mass is 32.1. The number of cyclic esters (lactones) is 1. The molecule has 3 rings (SSSR count). The van der Waals surface area contributed by atoms with E-state index in [1.807, 2.05) is 19.2 Å². The number of aryl methyl sites for hydroxylation is 1. The summed E-state index contributed by atoms with van der Waals surface area (Å²) in [6, 6.07) is -0.109. The lowest BCUT2D eigenvalue weighted by Crippen LogP contribution is -2.46. The summed E-state index contributed by atoms with van der Waals surface area (Å²) in [6.45, 7) is 6.07. The second-order valence-corrected chi connectivity index (χ2v) is 6.07. The van der Waals surface area contributed by atoms with Crippen LogP contribution in [-0.4, -0.2) is 47.7 Å². The maximum atomic E-state index is 11.8. The summed E-state index contributed by atoms with van der Waals surface area (Å²) in [7, 11) is 0. The predicted molar refractivity (Wildman–Crippen MR) is 71.1 cm³/mol.